The van der Waals surface area contributed by atoms with Gasteiger partial charge in [-0.2, -0.15) is 0 Å². The molecule has 0 aromatic heterocycles. The average Bonchev–Trinajstić information content (AvgIpc) is 2.77. The standard InChI is InChI=1S/C12H13NO2/c1-5(2)8-6-3-4-7(8)10-9(6)11(14)13-12(10)15/h3-4,6-7,9-10H,1-2H3,(H,13,14,15)/t6-,7+,9-,10-/m1/s1. The zero-order valence-electron chi connectivity index (χ0n) is 8.78. The smallest absolute Gasteiger partial charge is 0.231 e. The molecule has 2 fully saturated rings. The number of nitrogens with one attached hydrogen (secondary N) is 1. The van der Waals surface area contributed by atoms with Crippen LogP contribution in [0.3, 0.4) is 0 Å². The van der Waals surface area contributed by atoms with E-state index < -0.39 is 0 Å². The predicted molar refractivity (Wildman–Crippen MR) is 54.6 cm³/mol. The van der Waals surface area contributed by atoms with Crippen molar-refractivity contribution >= 4 is 11.8 Å². The molecule has 1 saturated carbocycles. The average molecular weight is 203 g/mol. The van der Waals surface area contributed by atoms with E-state index in [4.69, 9.17) is 0 Å². The number of hydrogen-bond donors (Lipinski definition) is 1. The minimum Gasteiger partial charge on any atom is -0.296 e. The highest BCUT2D eigenvalue weighted by Crippen LogP contribution is 2.54. The van der Waals surface area contributed by atoms with Crippen molar-refractivity contribution in [1.29, 1.82) is 0 Å². The fourth-order valence-corrected chi connectivity index (χ4v) is 3.35. The van der Waals surface area contributed by atoms with Gasteiger partial charge in [-0.05, 0) is 13.8 Å². The molecule has 0 aromatic rings. The van der Waals surface area contributed by atoms with Crippen LogP contribution in [0.1, 0.15) is 13.8 Å². The molecule has 2 amide bonds. The van der Waals surface area contributed by atoms with E-state index in [-0.39, 0.29) is 35.5 Å². The number of carbonyl (C=O) groups is 2. The second-order valence-electron chi connectivity index (χ2n) is 4.80. The molecular weight excluding hydrogens is 190 g/mol. The van der Waals surface area contributed by atoms with Crippen molar-refractivity contribution in [2.75, 3.05) is 0 Å². The van der Waals surface area contributed by atoms with Gasteiger partial charge in [-0.15, -0.1) is 0 Å². The maximum atomic E-state index is 11.6. The molecule has 3 nitrogen and oxygen atoms in total. The molecule has 1 N–H and O–H groups in total. The van der Waals surface area contributed by atoms with Gasteiger partial charge in [-0.1, -0.05) is 23.3 Å². The van der Waals surface area contributed by atoms with Crippen molar-refractivity contribution < 1.29 is 9.59 Å². The largest absolute Gasteiger partial charge is 0.296 e. The van der Waals surface area contributed by atoms with Gasteiger partial charge < -0.3 is 0 Å². The molecule has 2 bridgehead atoms. The highest BCUT2D eigenvalue weighted by molar-refractivity contribution is 6.07. The third kappa shape index (κ3) is 0.907. The van der Waals surface area contributed by atoms with Gasteiger partial charge in [0.1, 0.15) is 0 Å². The summed E-state index contributed by atoms with van der Waals surface area (Å²) in [5.41, 5.74) is 2.55. The molecule has 15 heavy (non-hydrogen) atoms. The summed E-state index contributed by atoms with van der Waals surface area (Å²) < 4.78 is 0. The normalized spacial score (nSPS) is 41.1. The van der Waals surface area contributed by atoms with Gasteiger partial charge >= 0.3 is 0 Å². The Kier molecular flexibility index (Phi) is 1.54. The fourth-order valence-electron chi connectivity index (χ4n) is 3.35. The third-order valence-electron chi connectivity index (χ3n) is 3.83. The fraction of sp³-hybridized carbons (Fsp3) is 0.500. The number of allylic oxidation sites excluding steroid dienone is 4. The summed E-state index contributed by atoms with van der Waals surface area (Å²) in [6, 6.07) is 0. The van der Waals surface area contributed by atoms with E-state index in [1.807, 2.05) is 0 Å². The molecule has 4 atom stereocenters. The third-order valence-corrected chi connectivity index (χ3v) is 3.83. The van der Waals surface area contributed by atoms with E-state index in [1.54, 1.807) is 0 Å². The first-order valence-corrected chi connectivity index (χ1v) is 5.31. The van der Waals surface area contributed by atoms with Crippen LogP contribution in [0.4, 0.5) is 0 Å². The van der Waals surface area contributed by atoms with Gasteiger partial charge in [0.05, 0.1) is 11.8 Å². The van der Waals surface area contributed by atoms with Crippen LogP contribution in [-0.4, -0.2) is 11.8 Å². The maximum Gasteiger partial charge on any atom is 0.231 e. The number of fused-ring (bicyclic) bond motifs is 5. The second-order valence-corrected chi connectivity index (χ2v) is 4.80. The van der Waals surface area contributed by atoms with Gasteiger partial charge in [0.2, 0.25) is 11.8 Å². The summed E-state index contributed by atoms with van der Waals surface area (Å²) in [4.78, 5) is 23.3. The lowest BCUT2D eigenvalue weighted by molar-refractivity contribution is -0.126. The van der Waals surface area contributed by atoms with Gasteiger partial charge in [0.15, 0.2) is 0 Å². The summed E-state index contributed by atoms with van der Waals surface area (Å²) in [5, 5.41) is 2.44. The van der Waals surface area contributed by atoms with Crippen LogP contribution in [0, 0.1) is 23.7 Å². The zero-order chi connectivity index (χ0) is 10.7. The van der Waals surface area contributed by atoms with Gasteiger partial charge in [-0.3, -0.25) is 14.9 Å². The molecule has 3 aliphatic rings. The Morgan fingerprint density at radius 3 is 1.93 bits per heavy atom. The summed E-state index contributed by atoms with van der Waals surface area (Å²) in [7, 11) is 0. The van der Waals surface area contributed by atoms with E-state index in [1.165, 1.54) is 11.1 Å². The first-order valence-electron chi connectivity index (χ1n) is 5.31. The maximum absolute atomic E-state index is 11.6. The summed E-state index contributed by atoms with van der Waals surface area (Å²) in [6.45, 7) is 4.12. The van der Waals surface area contributed by atoms with Crippen LogP contribution < -0.4 is 5.32 Å². The van der Waals surface area contributed by atoms with Gasteiger partial charge in [0, 0.05) is 11.8 Å². The molecule has 2 aliphatic carbocycles. The van der Waals surface area contributed by atoms with Crippen molar-refractivity contribution in [3.05, 3.63) is 23.3 Å². The van der Waals surface area contributed by atoms with Crippen molar-refractivity contribution in [2.24, 2.45) is 23.7 Å². The van der Waals surface area contributed by atoms with Crippen LogP contribution in [0.25, 0.3) is 0 Å². The SMILES string of the molecule is CC(C)=C1[C@H]2C=C[C@@H]1[C@H]1C(=O)NC(=O)[C@@H]12. The highest BCUT2D eigenvalue weighted by atomic mass is 16.2. The molecule has 1 aliphatic heterocycles. The highest BCUT2D eigenvalue weighted by Gasteiger charge is 2.58. The van der Waals surface area contributed by atoms with Crippen molar-refractivity contribution in [3.63, 3.8) is 0 Å². The zero-order valence-corrected chi connectivity index (χ0v) is 8.78. The first kappa shape index (κ1) is 8.89. The van der Waals surface area contributed by atoms with Crippen LogP contribution in [0.5, 0.6) is 0 Å². The second kappa shape index (κ2) is 2.60. The molecular formula is C12H13NO2. The predicted octanol–water partition coefficient (Wildman–Crippen LogP) is 1.03. The Bertz CT molecular complexity index is 397. The Morgan fingerprint density at radius 1 is 1.07 bits per heavy atom. The molecule has 3 rings (SSSR count). The Hall–Kier alpha value is -1.38. The van der Waals surface area contributed by atoms with Crippen molar-refractivity contribution in [2.45, 2.75) is 13.8 Å². The minimum atomic E-state index is -0.127. The molecule has 1 heterocycles. The van der Waals surface area contributed by atoms with E-state index in [0.29, 0.717) is 0 Å². The lowest BCUT2D eigenvalue weighted by Crippen LogP contribution is -2.26. The molecule has 0 unspecified atom stereocenters. The first-order chi connectivity index (χ1) is 7.11. The Balaban J connectivity index is 2.13. The van der Waals surface area contributed by atoms with Crippen molar-refractivity contribution in [3.8, 4) is 0 Å². The Morgan fingerprint density at radius 2 is 1.53 bits per heavy atom. The van der Waals surface area contributed by atoms with Crippen LogP contribution in [0.2, 0.25) is 0 Å². The number of amides is 2. The van der Waals surface area contributed by atoms with E-state index in [9.17, 15) is 9.59 Å². The molecule has 1 saturated heterocycles. The van der Waals surface area contributed by atoms with E-state index in [2.05, 4.69) is 31.3 Å². The lowest BCUT2D eigenvalue weighted by Gasteiger charge is -2.13. The number of rotatable bonds is 0. The topological polar surface area (TPSA) is 46.2 Å². The molecule has 0 aromatic carbocycles. The molecule has 0 radical (unpaired) electrons. The molecule has 0 spiro atoms. The Labute approximate surface area is 88.2 Å². The van der Waals surface area contributed by atoms with Crippen LogP contribution in [-0.2, 0) is 9.59 Å². The van der Waals surface area contributed by atoms with E-state index >= 15 is 0 Å². The minimum absolute atomic E-state index is 0.0828. The summed E-state index contributed by atoms with van der Waals surface area (Å²) in [6.07, 6.45) is 4.18. The van der Waals surface area contributed by atoms with Crippen LogP contribution >= 0.6 is 0 Å². The molecule has 78 valence electrons. The number of carbonyl (C=O) groups excluding carboxylic acids is 2. The molecule has 3 heteroatoms. The summed E-state index contributed by atoms with van der Waals surface area (Å²) in [5.74, 6) is -0.0658. The summed E-state index contributed by atoms with van der Waals surface area (Å²) >= 11 is 0. The number of hydrogen-bond acceptors (Lipinski definition) is 2. The van der Waals surface area contributed by atoms with E-state index in [0.717, 1.165) is 0 Å². The lowest BCUT2D eigenvalue weighted by atomic mass is 9.85. The monoisotopic (exact) mass is 203 g/mol. The quantitative estimate of drug-likeness (QED) is 0.472. The van der Waals surface area contributed by atoms with Crippen molar-refractivity contribution in [1.82, 2.24) is 5.32 Å². The van der Waals surface area contributed by atoms with Crippen LogP contribution in [0.15, 0.2) is 23.3 Å². The van der Waals surface area contributed by atoms with Gasteiger partial charge in [0.25, 0.3) is 0 Å². The number of imide groups is 1. The van der Waals surface area contributed by atoms with Gasteiger partial charge in [-0.25, -0.2) is 0 Å².